The van der Waals surface area contributed by atoms with Gasteiger partial charge in [-0.1, -0.05) is 24.3 Å². The van der Waals surface area contributed by atoms with Crippen LogP contribution in [0.5, 0.6) is 5.75 Å². The normalized spacial score (nSPS) is 14.6. The van der Waals surface area contributed by atoms with Crippen molar-refractivity contribution in [3.05, 3.63) is 76.5 Å². The molecule has 0 aliphatic carbocycles. The molecule has 1 aromatic heterocycles. The van der Waals surface area contributed by atoms with E-state index >= 15 is 0 Å². The van der Waals surface area contributed by atoms with Gasteiger partial charge in [-0.15, -0.1) is 11.3 Å². The number of nitrogens with one attached hydrogen (secondary N) is 1. The first kappa shape index (κ1) is 21.4. The zero-order valence-corrected chi connectivity index (χ0v) is 18.4. The third kappa shape index (κ3) is 4.90. The Morgan fingerprint density at radius 3 is 2.48 bits per heavy atom. The van der Waals surface area contributed by atoms with Gasteiger partial charge in [0.2, 0.25) is 10.0 Å². The topological polar surface area (TPSA) is 90.0 Å². The van der Waals surface area contributed by atoms with E-state index in [1.807, 2.05) is 34.5 Å². The van der Waals surface area contributed by atoms with Gasteiger partial charge in [0.15, 0.2) is 0 Å². The molecule has 7 nitrogen and oxygen atoms in total. The molecule has 3 aromatic rings. The minimum atomic E-state index is -3.72. The van der Waals surface area contributed by atoms with Gasteiger partial charge >= 0.3 is 0 Å². The van der Waals surface area contributed by atoms with Crippen LogP contribution in [0.4, 0.5) is 5.69 Å². The third-order valence-corrected chi connectivity index (χ3v) is 7.47. The van der Waals surface area contributed by atoms with E-state index in [9.17, 15) is 18.3 Å². The van der Waals surface area contributed by atoms with Gasteiger partial charge in [0.25, 0.3) is 5.91 Å². The number of para-hydroxylation sites is 2. The minimum absolute atomic E-state index is 0.0720. The maximum Gasteiger partial charge on any atom is 0.254 e. The number of benzene rings is 2. The summed E-state index contributed by atoms with van der Waals surface area (Å²) in [5, 5.41) is 11.9. The van der Waals surface area contributed by atoms with Crippen molar-refractivity contribution in [3.8, 4) is 5.75 Å². The van der Waals surface area contributed by atoms with Crippen LogP contribution in [-0.4, -0.2) is 50.5 Å². The van der Waals surface area contributed by atoms with E-state index < -0.39 is 10.0 Å². The first-order valence-electron chi connectivity index (χ1n) is 9.88. The molecule has 0 saturated carbocycles. The summed E-state index contributed by atoms with van der Waals surface area (Å²) in [6, 6.07) is 17.0. The molecule has 31 heavy (non-hydrogen) atoms. The van der Waals surface area contributed by atoms with Gasteiger partial charge in [-0.25, -0.2) is 13.1 Å². The molecule has 1 aliphatic rings. The zero-order valence-electron chi connectivity index (χ0n) is 16.8. The summed E-state index contributed by atoms with van der Waals surface area (Å²) >= 11 is 1.48. The van der Waals surface area contributed by atoms with Crippen LogP contribution in [0.3, 0.4) is 0 Å². The lowest BCUT2D eigenvalue weighted by Gasteiger charge is -2.36. The molecule has 2 heterocycles. The quantitative estimate of drug-likeness (QED) is 0.594. The van der Waals surface area contributed by atoms with Crippen molar-refractivity contribution >= 4 is 33.0 Å². The van der Waals surface area contributed by atoms with Crippen LogP contribution in [0.15, 0.2) is 70.9 Å². The summed E-state index contributed by atoms with van der Waals surface area (Å²) in [5.41, 5.74) is 1.09. The van der Waals surface area contributed by atoms with Crippen molar-refractivity contribution in [2.45, 2.75) is 11.4 Å². The number of anilines is 1. The van der Waals surface area contributed by atoms with Crippen LogP contribution in [0.2, 0.25) is 0 Å². The van der Waals surface area contributed by atoms with Gasteiger partial charge in [-0.2, -0.15) is 0 Å². The van der Waals surface area contributed by atoms with E-state index in [4.69, 9.17) is 0 Å². The Hall–Kier alpha value is -2.88. The summed E-state index contributed by atoms with van der Waals surface area (Å²) in [7, 11) is -3.72. The number of rotatable bonds is 6. The number of sulfonamides is 1. The molecule has 2 aromatic carbocycles. The maximum atomic E-state index is 13.0. The standard InChI is InChI=1S/C22H23N3O4S2/c26-21-9-2-1-8-20(21)24-10-12-25(13-11-24)22(27)17-5-3-7-19(15-17)31(28,29)23-16-18-6-4-14-30-18/h1-9,14-15,23,26H,10-13,16H2. The molecule has 162 valence electrons. The lowest BCUT2D eigenvalue weighted by molar-refractivity contribution is 0.0746. The van der Waals surface area contributed by atoms with Crippen molar-refractivity contribution in [2.24, 2.45) is 0 Å². The zero-order chi connectivity index (χ0) is 21.8. The molecule has 0 atom stereocenters. The number of piperazine rings is 1. The molecule has 0 spiro atoms. The van der Waals surface area contributed by atoms with Crippen molar-refractivity contribution in [1.82, 2.24) is 9.62 Å². The Labute approximate surface area is 185 Å². The fraction of sp³-hybridized carbons (Fsp3) is 0.227. The SMILES string of the molecule is O=C(c1cccc(S(=O)(=O)NCc2cccs2)c1)N1CCN(c2ccccc2O)CC1. The Morgan fingerprint density at radius 1 is 1.00 bits per heavy atom. The highest BCUT2D eigenvalue weighted by molar-refractivity contribution is 7.89. The Balaban J connectivity index is 1.42. The average Bonchev–Trinajstić information content (AvgIpc) is 3.32. The molecule has 1 fully saturated rings. The van der Waals surface area contributed by atoms with Gasteiger partial charge in [0, 0.05) is 43.2 Å². The average molecular weight is 458 g/mol. The summed E-state index contributed by atoms with van der Waals surface area (Å²) in [6.07, 6.45) is 0. The Morgan fingerprint density at radius 2 is 1.77 bits per heavy atom. The molecule has 0 radical (unpaired) electrons. The highest BCUT2D eigenvalue weighted by Crippen LogP contribution is 2.27. The van der Waals surface area contributed by atoms with Crippen molar-refractivity contribution in [1.29, 1.82) is 0 Å². The molecule has 0 unspecified atom stereocenters. The number of aromatic hydroxyl groups is 1. The molecule has 2 N–H and O–H groups in total. The fourth-order valence-electron chi connectivity index (χ4n) is 3.52. The number of carbonyl (C=O) groups is 1. The minimum Gasteiger partial charge on any atom is -0.506 e. The first-order chi connectivity index (χ1) is 14.9. The third-order valence-electron chi connectivity index (χ3n) is 5.20. The summed E-state index contributed by atoms with van der Waals surface area (Å²) < 4.78 is 27.9. The summed E-state index contributed by atoms with van der Waals surface area (Å²) in [4.78, 5) is 17.7. The van der Waals surface area contributed by atoms with Gasteiger partial charge in [0.05, 0.1) is 10.6 Å². The van der Waals surface area contributed by atoms with Crippen molar-refractivity contribution in [3.63, 3.8) is 0 Å². The van der Waals surface area contributed by atoms with Gasteiger partial charge < -0.3 is 14.9 Å². The van der Waals surface area contributed by atoms with E-state index in [1.165, 1.54) is 23.5 Å². The van der Waals surface area contributed by atoms with Crippen molar-refractivity contribution < 1.29 is 18.3 Å². The van der Waals surface area contributed by atoms with E-state index in [1.54, 1.807) is 29.2 Å². The lowest BCUT2D eigenvalue weighted by atomic mass is 10.1. The van der Waals surface area contributed by atoms with Crippen LogP contribution < -0.4 is 9.62 Å². The number of carbonyl (C=O) groups excluding carboxylic acids is 1. The van der Waals surface area contributed by atoms with Gasteiger partial charge in [-0.05, 0) is 41.8 Å². The highest BCUT2D eigenvalue weighted by Gasteiger charge is 2.24. The maximum absolute atomic E-state index is 13.0. The largest absolute Gasteiger partial charge is 0.506 e. The highest BCUT2D eigenvalue weighted by atomic mass is 32.2. The van der Waals surface area contributed by atoms with Crippen molar-refractivity contribution in [2.75, 3.05) is 31.1 Å². The van der Waals surface area contributed by atoms with E-state index in [0.29, 0.717) is 31.7 Å². The predicted molar refractivity (Wildman–Crippen MR) is 121 cm³/mol. The number of phenolic OH excluding ortho intramolecular Hbond substituents is 1. The number of hydrogen-bond acceptors (Lipinski definition) is 6. The van der Waals surface area contributed by atoms with Crippen LogP contribution in [0.25, 0.3) is 0 Å². The van der Waals surface area contributed by atoms with E-state index in [0.717, 1.165) is 10.6 Å². The summed E-state index contributed by atoms with van der Waals surface area (Å²) in [5.74, 6) is 0.0162. The molecule has 0 bridgehead atoms. The second kappa shape index (κ2) is 9.09. The monoisotopic (exact) mass is 457 g/mol. The molecular formula is C22H23N3O4S2. The Kier molecular flexibility index (Phi) is 6.26. The molecular weight excluding hydrogens is 434 g/mol. The molecule has 9 heteroatoms. The predicted octanol–water partition coefficient (Wildman–Crippen LogP) is 2.89. The molecule has 1 aliphatic heterocycles. The molecule has 4 rings (SSSR count). The van der Waals surface area contributed by atoms with Gasteiger partial charge in [0.1, 0.15) is 5.75 Å². The molecule has 1 saturated heterocycles. The summed E-state index contributed by atoms with van der Waals surface area (Å²) in [6.45, 7) is 2.36. The van der Waals surface area contributed by atoms with Crippen LogP contribution in [-0.2, 0) is 16.6 Å². The number of amides is 1. The number of nitrogens with zero attached hydrogens (tertiary/aromatic N) is 2. The fourth-order valence-corrected chi connectivity index (χ4v) is 5.31. The molecule has 1 amide bonds. The number of phenols is 1. The first-order valence-corrected chi connectivity index (χ1v) is 12.2. The smallest absolute Gasteiger partial charge is 0.254 e. The van der Waals surface area contributed by atoms with Crippen LogP contribution >= 0.6 is 11.3 Å². The number of hydrogen-bond donors (Lipinski definition) is 2. The van der Waals surface area contributed by atoms with E-state index in [-0.39, 0.29) is 23.1 Å². The second-order valence-corrected chi connectivity index (χ2v) is 10.00. The van der Waals surface area contributed by atoms with Crippen LogP contribution in [0.1, 0.15) is 15.2 Å². The number of thiophene rings is 1. The van der Waals surface area contributed by atoms with Gasteiger partial charge in [-0.3, -0.25) is 4.79 Å². The van der Waals surface area contributed by atoms with Crippen LogP contribution in [0, 0.1) is 0 Å². The van der Waals surface area contributed by atoms with E-state index in [2.05, 4.69) is 4.72 Å². The Bertz CT molecular complexity index is 1160. The second-order valence-electron chi connectivity index (χ2n) is 7.20. The lowest BCUT2D eigenvalue weighted by Crippen LogP contribution is -2.48.